The van der Waals surface area contributed by atoms with Crippen molar-refractivity contribution in [2.24, 2.45) is 4.40 Å². The Morgan fingerprint density at radius 2 is 1.79 bits per heavy atom. The van der Waals surface area contributed by atoms with Crippen molar-refractivity contribution in [3.63, 3.8) is 0 Å². The summed E-state index contributed by atoms with van der Waals surface area (Å²) in [6.45, 7) is 4.51. The number of carbonyl (C=O) groups excluding carboxylic acids is 1. The van der Waals surface area contributed by atoms with Gasteiger partial charge in [0.25, 0.3) is 15.9 Å². The molecular weight excluding hydrogens is 577 g/mol. The number of thiazole rings is 1. The summed E-state index contributed by atoms with van der Waals surface area (Å²) < 4.78 is 68.6. The van der Waals surface area contributed by atoms with E-state index in [9.17, 15) is 26.7 Å². The monoisotopic (exact) mass is 596 g/mol. The average molecular weight is 597 g/mol. The van der Waals surface area contributed by atoms with Gasteiger partial charge < -0.3 is 14.6 Å². The topological polar surface area (TPSA) is 165 Å². The van der Waals surface area contributed by atoms with E-state index in [4.69, 9.17) is 9.47 Å². The van der Waals surface area contributed by atoms with Crippen LogP contribution in [0.15, 0.2) is 56.4 Å². The first-order chi connectivity index (χ1) is 18.0. The minimum absolute atomic E-state index is 0.000411. The summed E-state index contributed by atoms with van der Waals surface area (Å²) in [5.41, 5.74) is 0.854. The summed E-state index contributed by atoms with van der Waals surface area (Å²) in [7, 11) is -9.05. The molecule has 0 atom stereocenters. The number of thioether (sulfide) groups is 1. The van der Waals surface area contributed by atoms with Crippen LogP contribution in [-0.4, -0.2) is 57.0 Å². The molecule has 2 N–H and O–H groups in total. The molecule has 12 nitrogen and oxygen atoms in total. The number of ether oxygens (including phenoxy) is 2. The van der Waals surface area contributed by atoms with Gasteiger partial charge in [0, 0.05) is 4.90 Å². The second kappa shape index (κ2) is 9.76. The van der Waals surface area contributed by atoms with Gasteiger partial charge in [-0.05, 0) is 62.0 Å². The Morgan fingerprint density at radius 3 is 2.50 bits per heavy atom. The van der Waals surface area contributed by atoms with Gasteiger partial charge in [-0.1, -0.05) is 11.3 Å². The van der Waals surface area contributed by atoms with Crippen molar-refractivity contribution >= 4 is 75.3 Å². The predicted octanol–water partition coefficient (Wildman–Crippen LogP) is 3.44. The zero-order chi connectivity index (χ0) is 27.2. The van der Waals surface area contributed by atoms with Crippen molar-refractivity contribution in [1.29, 1.82) is 0 Å². The molecule has 2 aliphatic heterocycles. The normalized spacial score (nSPS) is 17.6. The van der Waals surface area contributed by atoms with Crippen LogP contribution < -0.4 is 19.1 Å². The molecule has 3 aromatic rings. The number of carbonyl (C=O) groups is 1. The van der Waals surface area contributed by atoms with E-state index in [1.54, 1.807) is 36.4 Å². The van der Waals surface area contributed by atoms with Crippen molar-refractivity contribution in [3.05, 3.63) is 47.1 Å². The number of nitrogens with one attached hydrogen (secondary N) is 1. The second-order valence-electron chi connectivity index (χ2n) is 7.87. The highest BCUT2D eigenvalue weighted by Gasteiger charge is 2.45. The Morgan fingerprint density at radius 1 is 1.11 bits per heavy atom. The number of rotatable bonds is 8. The van der Waals surface area contributed by atoms with Gasteiger partial charge in [0.15, 0.2) is 15.2 Å². The van der Waals surface area contributed by atoms with Crippen LogP contribution in [0.2, 0.25) is 0 Å². The number of hydrogen-bond acceptors (Lipinski definition) is 11. The molecule has 2 aliphatic rings. The van der Waals surface area contributed by atoms with Gasteiger partial charge in [-0.2, -0.15) is 8.42 Å². The van der Waals surface area contributed by atoms with Gasteiger partial charge in [0.1, 0.15) is 23.0 Å². The molecule has 3 heterocycles. The van der Waals surface area contributed by atoms with Crippen LogP contribution in [0, 0.1) is 0 Å². The fourth-order valence-corrected chi connectivity index (χ4v) is 8.46. The van der Waals surface area contributed by atoms with E-state index in [0.29, 0.717) is 45.5 Å². The number of nitrogens with zero attached hydrogens (tertiary/aromatic N) is 3. The van der Waals surface area contributed by atoms with Gasteiger partial charge in [0.2, 0.25) is 10.0 Å². The molecule has 1 amide bonds. The Hall–Kier alpha value is -3.34. The van der Waals surface area contributed by atoms with E-state index in [1.807, 2.05) is 13.8 Å². The molecule has 200 valence electrons. The molecule has 5 rings (SSSR count). The number of anilines is 2. The maximum absolute atomic E-state index is 13.3. The third-order valence-electron chi connectivity index (χ3n) is 5.23. The molecule has 16 heteroatoms. The van der Waals surface area contributed by atoms with Crippen LogP contribution in [0.5, 0.6) is 11.5 Å². The van der Waals surface area contributed by atoms with Crippen LogP contribution in [0.3, 0.4) is 0 Å². The van der Waals surface area contributed by atoms with Gasteiger partial charge in [-0.3, -0.25) is 14.4 Å². The number of amidine groups is 1. The van der Waals surface area contributed by atoms with Gasteiger partial charge in [-0.15, -0.1) is 4.40 Å². The highest BCUT2D eigenvalue weighted by molar-refractivity contribution is 8.16. The zero-order valence-corrected chi connectivity index (χ0v) is 23.1. The van der Waals surface area contributed by atoms with Crippen LogP contribution in [-0.2, 0) is 24.8 Å². The molecule has 0 unspecified atom stereocenters. The molecule has 38 heavy (non-hydrogen) atoms. The van der Waals surface area contributed by atoms with Crippen LogP contribution in [0.4, 0.5) is 10.8 Å². The Kier molecular flexibility index (Phi) is 6.75. The fraction of sp³-hybridized carbons (Fsp3) is 0.227. The van der Waals surface area contributed by atoms with Crippen molar-refractivity contribution in [3.8, 4) is 11.5 Å². The first kappa shape index (κ1) is 26.3. The summed E-state index contributed by atoms with van der Waals surface area (Å²) in [5.74, 6) is -2.34. The molecule has 0 fully saturated rings. The molecule has 0 spiro atoms. The molecule has 2 aromatic carbocycles. The number of aliphatic hydroxyl groups excluding tert-OH is 1. The largest absolute Gasteiger partial charge is 0.509 e. The summed E-state index contributed by atoms with van der Waals surface area (Å²) in [4.78, 5) is 17.9. The summed E-state index contributed by atoms with van der Waals surface area (Å²) >= 11 is 1.98. The predicted molar refractivity (Wildman–Crippen MR) is 145 cm³/mol. The van der Waals surface area contributed by atoms with E-state index >= 15 is 0 Å². The molecule has 0 bridgehead atoms. The minimum atomic E-state index is -4.69. The number of aliphatic hydroxyl groups is 1. The highest BCUT2D eigenvalue weighted by atomic mass is 32.2. The fourth-order valence-electron chi connectivity index (χ4n) is 3.77. The Labute approximate surface area is 226 Å². The molecular formula is C22H20N4O8S4. The maximum atomic E-state index is 13.3. The van der Waals surface area contributed by atoms with Crippen molar-refractivity contribution in [2.75, 3.05) is 28.6 Å². The van der Waals surface area contributed by atoms with E-state index in [2.05, 4.69) is 14.1 Å². The number of hydrogen-bond donors (Lipinski definition) is 2. The molecule has 0 saturated carbocycles. The first-order valence-electron chi connectivity index (χ1n) is 11.1. The van der Waals surface area contributed by atoms with Gasteiger partial charge >= 0.3 is 0 Å². The van der Waals surface area contributed by atoms with Gasteiger partial charge in [-0.25, -0.2) is 13.4 Å². The average Bonchev–Trinajstić information content (AvgIpc) is 3.37. The lowest BCUT2D eigenvalue weighted by Gasteiger charge is -2.23. The number of fused-ring (bicyclic) bond motifs is 4. The first-order valence-corrected chi connectivity index (χ1v) is 15.8. The summed E-state index contributed by atoms with van der Waals surface area (Å²) in [5, 5.41) is 10.5. The Bertz CT molecular complexity index is 1750. The van der Waals surface area contributed by atoms with E-state index in [0.717, 1.165) is 28.0 Å². The lowest BCUT2D eigenvalue weighted by Crippen LogP contribution is -2.41. The van der Waals surface area contributed by atoms with E-state index < -0.39 is 42.4 Å². The quantitative estimate of drug-likeness (QED) is 0.291. The number of sulfonamides is 2. The van der Waals surface area contributed by atoms with Crippen molar-refractivity contribution in [2.45, 2.75) is 18.7 Å². The number of amides is 1. The summed E-state index contributed by atoms with van der Waals surface area (Å²) in [6, 6.07) is 9.87. The van der Waals surface area contributed by atoms with Gasteiger partial charge in [0.05, 0.1) is 29.1 Å². The lowest BCUT2D eigenvalue weighted by molar-refractivity contribution is -0.113. The van der Waals surface area contributed by atoms with Crippen molar-refractivity contribution in [1.82, 2.24) is 4.98 Å². The third-order valence-corrected chi connectivity index (χ3v) is 9.91. The molecule has 0 aliphatic carbocycles. The standard InChI is InChI=1S/C22H20N4O8S4/c1-3-33-12-5-7-14-17(9-12)35-21(23-14)24-37(29,30)11-16(27)19-20(28)26-15-8-6-13(34-4-2)10-18(15)36-22(26)25-38(19,31)32/h5-10,27H,3-4,11H2,1-2H3,(H,23,24)/b19-16+. The Balaban J connectivity index is 1.43. The zero-order valence-electron chi connectivity index (χ0n) is 19.9. The SMILES string of the molecule is CCOc1ccc2c(c1)SC1=NS(=O)(=O)/C(=C(/O)CS(=O)(=O)Nc3nc4ccc(OCC)cc4s3)C(=O)N12. The highest BCUT2D eigenvalue weighted by Crippen LogP contribution is 2.45. The molecule has 1 aromatic heterocycles. The van der Waals surface area contributed by atoms with Crippen LogP contribution in [0.25, 0.3) is 10.2 Å². The summed E-state index contributed by atoms with van der Waals surface area (Å²) in [6.07, 6.45) is 0. The second-order valence-corrected chi connectivity index (χ2v) is 13.2. The molecule has 0 saturated heterocycles. The smallest absolute Gasteiger partial charge is 0.293 e. The number of benzene rings is 2. The maximum Gasteiger partial charge on any atom is 0.293 e. The van der Waals surface area contributed by atoms with Crippen LogP contribution >= 0.6 is 23.1 Å². The molecule has 0 radical (unpaired) electrons. The van der Waals surface area contributed by atoms with Crippen molar-refractivity contribution < 1.29 is 36.2 Å². The van der Waals surface area contributed by atoms with E-state index in [-0.39, 0.29) is 10.3 Å². The van der Waals surface area contributed by atoms with Crippen LogP contribution in [0.1, 0.15) is 13.8 Å². The van der Waals surface area contributed by atoms with E-state index in [1.165, 1.54) is 0 Å². The minimum Gasteiger partial charge on any atom is -0.509 e. The number of aromatic nitrogens is 1. The third kappa shape index (κ3) is 4.91. The lowest BCUT2D eigenvalue weighted by atomic mass is 10.2.